The number of rotatable bonds is 8. The summed E-state index contributed by atoms with van der Waals surface area (Å²) in [6, 6.07) is 28.7. The minimum absolute atomic E-state index is 0. The fraction of sp³-hybridized carbons (Fsp3) is 0.167. The van der Waals surface area contributed by atoms with Crippen LogP contribution in [0.4, 0.5) is 0 Å². The quantitative estimate of drug-likeness (QED) is 0.137. The minimum atomic E-state index is 0. The van der Waals surface area contributed by atoms with Crippen LogP contribution >= 0.6 is 9.53 Å². The number of aromatic nitrogens is 8. The van der Waals surface area contributed by atoms with Crippen molar-refractivity contribution in [2.75, 3.05) is 0 Å². The van der Waals surface area contributed by atoms with Crippen LogP contribution in [0.1, 0.15) is 33.9 Å². The second-order valence-electron chi connectivity index (χ2n) is 10.5. The summed E-state index contributed by atoms with van der Waals surface area (Å²) >= 11 is 2.22. The molecule has 0 amide bonds. The molecule has 6 heterocycles. The number of pyridine rings is 2. The number of benzene rings is 1. The summed E-state index contributed by atoms with van der Waals surface area (Å²) in [7, 11) is 4.49. The molecule has 0 spiro atoms. The Bertz CT molecular complexity index is 1600. The number of phenolic OH excluding ortho intramolecular Hbond substituents is 1. The number of hydrogen-bond donors (Lipinski definition) is 1. The molecule has 0 aliphatic carbocycles. The predicted octanol–water partition coefficient (Wildman–Crippen LogP) is 6.65. The Balaban J connectivity index is 0.000000205. The molecule has 1 N–H and O–H groups in total. The van der Waals surface area contributed by atoms with Crippen LogP contribution in [0.5, 0.6) is 5.75 Å². The number of aromatic hydroxyl groups is 1. The molecule has 7 aromatic rings. The fourth-order valence-electron chi connectivity index (χ4n) is 4.71. The molecule has 0 unspecified atom stereocenters. The van der Waals surface area contributed by atoms with Crippen LogP contribution in [0.25, 0.3) is 0 Å². The number of nitrogens with zero attached hydrogens (tertiary/aromatic N) is 8. The van der Waals surface area contributed by atoms with Gasteiger partial charge in [-0.05, 0) is 73.5 Å². The molecule has 0 saturated heterocycles. The van der Waals surface area contributed by atoms with Gasteiger partial charge in [0.15, 0.2) is 0 Å². The third-order valence-electron chi connectivity index (χ3n) is 6.54. The van der Waals surface area contributed by atoms with E-state index in [1.54, 1.807) is 36.7 Å². The SMILES string of the molecule is Cc1cc(Cn2[c-]ccc2)nc(Cn2cccn2)c1.Cc1cc(Cn2[c-]ccc2)nc(Cn2cccn2)c1.Oc1ccccc1.[Cl][Pd+].[Pd]. The minimum Gasteiger partial charge on any atom is 0 e. The zero-order chi connectivity index (χ0) is 33.3. The predicted molar refractivity (Wildman–Crippen MR) is 179 cm³/mol. The van der Waals surface area contributed by atoms with Crippen LogP contribution < -0.4 is 0 Å². The molecule has 6 aromatic heterocycles. The first-order valence-electron chi connectivity index (χ1n) is 14.8. The van der Waals surface area contributed by atoms with Gasteiger partial charge in [-0.15, -0.1) is 24.8 Å². The van der Waals surface area contributed by atoms with Crippen molar-refractivity contribution in [1.29, 1.82) is 0 Å². The van der Waals surface area contributed by atoms with Crippen molar-refractivity contribution in [3.63, 3.8) is 0 Å². The first kappa shape index (κ1) is 38.4. The van der Waals surface area contributed by atoms with Crippen molar-refractivity contribution in [3.8, 4) is 5.75 Å². The van der Waals surface area contributed by atoms with Gasteiger partial charge in [0, 0.05) is 58.3 Å². The normalized spacial score (nSPS) is 9.94. The zero-order valence-corrected chi connectivity index (χ0v) is 30.4. The molecule has 1 aromatic carbocycles. The van der Waals surface area contributed by atoms with E-state index in [4.69, 9.17) is 5.11 Å². The molecular weight excluding hydrogens is 809 g/mol. The molecule has 0 bridgehead atoms. The van der Waals surface area contributed by atoms with Crippen LogP contribution in [-0.2, 0) is 64.8 Å². The summed E-state index contributed by atoms with van der Waals surface area (Å²) in [6.45, 7) is 7.10. The average Bonchev–Trinajstić information content (AvgIpc) is 3.89. The largest absolute Gasteiger partial charge is 0 e. The van der Waals surface area contributed by atoms with Crippen LogP contribution in [0, 0.1) is 26.2 Å². The van der Waals surface area contributed by atoms with E-state index in [-0.39, 0.29) is 20.4 Å². The molecule has 254 valence electrons. The van der Waals surface area contributed by atoms with Crippen LogP contribution in [-0.4, -0.2) is 43.8 Å². The van der Waals surface area contributed by atoms with Crippen molar-refractivity contribution in [3.05, 3.63) is 174 Å². The summed E-state index contributed by atoms with van der Waals surface area (Å²) in [4.78, 5) is 9.36. The molecule has 0 atom stereocenters. The van der Waals surface area contributed by atoms with Crippen LogP contribution in [0.3, 0.4) is 0 Å². The molecule has 0 saturated carbocycles. The van der Waals surface area contributed by atoms with E-state index >= 15 is 0 Å². The summed E-state index contributed by atoms with van der Waals surface area (Å²) < 4.78 is 7.76. The van der Waals surface area contributed by atoms with E-state index in [0.29, 0.717) is 18.8 Å². The first-order chi connectivity index (χ1) is 23.0. The molecule has 0 aliphatic heterocycles. The molecule has 0 aliphatic rings. The van der Waals surface area contributed by atoms with Gasteiger partial charge in [0.05, 0.1) is 35.9 Å². The molecule has 48 heavy (non-hydrogen) atoms. The first-order valence-corrected chi connectivity index (χ1v) is 16.8. The average molecular weight is 845 g/mol. The van der Waals surface area contributed by atoms with E-state index in [9.17, 15) is 0 Å². The van der Waals surface area contributed by atoms with Gasteiger partial charge in [-0.1, -0.05) is 18.2 Å². The van der Waals surface area contributed by atoms with Crippen molar-refractivity contribution in [1.82, 2.24) is 38.7 Å². The smallest absolute Gasteiger partial charge is 0 e. The molecule has 0 fully saturated rings. The number of hydrogen-bond acceptors (Lipinski definition) is 5. The molecule has 7 rings (SSSR count). The third kappa shape index (κ3) is 13.6. The van der Waals surface area contributed by atoms with Crippen molar-refractivity contribution >= 4 is 9.53 Å². The Morgan fingerprint density at radius 2 is 1.02 bits per heavy atom. The van der Waals surface area contributed by atoms with E-state index in [1.165, 1.54) is 11.1 Å². The Labute approximate surface area is 310 Å². The summed E-state index contributed by atoms with van der Waals surface area (Å²) in [5.41, 5.74) is 6.61. The summed E-state index contributed by atoms with van der Waals surface area (Å²) in [5, 5.41) is 17.1. The van der Waals surface area contributed by atoms with E-state index in [1.807, 2.05) is 85.7 Å². The Morgan fingerprint density at radius 1 is 0.604 bits per heavy atom. The number of para-hydroxylation sites is 1. The molecule has 0 radical (unpaired) electrons. The van der Waals surface area contributed by atoms with Crippen LogP contribution in [0.2, 0.25) is 0 Å². The van der Waals surface area contributed by atoms with Gasteiger partial charge < -0.3 is 14.2 Å². The molecule has 12 heteroatoms. The Kier molecular flexibility index (Phi) is 16.8. The second kappa shape index (κ2) is 21.0. The Hall–Kier alpha value is -4.09. The summed E-state index contributed by atoms with van der Waals surface area (Å²) in [5.74, 6) is 0.322. The van der Waals surface area contributed by atoms with E-state index in [2.05, 4.69) is 98.4 Å². The molecule has 9 nitrogen and oxygen atoms in total. The van der Waals surface area contributed by atoms with Crippen molar-refractivity contribution in [2.24, 2.45) is 0 Å². The number of aryl methyl sites for hydroxylation is 2. The summed E-state index contributed by atoms with van der Waals surface area (Å²) in [6.07, 6.45) is 17.7. The monoisotopic (exact) mass is 843 g/mol. The van der Waals surface area contributed by atoms with Crippen molar-refractivity contribution in [2.45, 2.75) is 40.0 Å². The van der Waals surface area contributed by atoms with Gasteiger partial charge in [0.25, 0.3) is 0 Å². The third-order valence-corrected chi connectivity index (χ3v) is 6.54. The maximum Gasteiger partial charge on any atom is 0 e. The fourth-order valence-corrected chi connectivity index (χ4v) is 4.71. The topological polar surface area (TPSA) is 91.5 Å². The van der Waals surface area contributed by atoms with Gasteiger partial charge in [0.1, 0.15) is 5.75 Å². The van der Waals surface area contributed by atoms with Crippen LogP contribution in [0.15, 0.2) is 128 Å². The molecular formula is C36H36ClN8OPd2-. The second-order valence-corrected chi connectivity index (χ2v) is 10.5. The number of halogens is 1. The zero-order valence-electron chi connectivity index (χ0n) is 26.5. The van der Waals surface area contributed by atoms with Crippen molar-refractivity contribution < 1.29 is 43.7 Å². The maximum atomic E-state index is 8.63. The van der Waals surface area contributed by atoms with Gasteiger partial charge in [-0.2, -0.15) is 34.5 Å². The standard InChI is InChI=1S/2C15H15N4.C6H6O.ClH.2Pd/c2*1-13-9-14(11-18-6-2-3-7-18)17-15(10-13)12-19-8-4-5-16-19;7-6-4-2-1-3-5-6;;;/h2*2-6,8-10H,11-12H2,1H3;1-5,7H;1H;;/q2*-1;;;;+2/p-1. The van der Waals surface area contributed by atoms with E-state index < -0.39 is 0 Å². The number of phenols is 1. The maximum absolute atomic E-state index is 8.63. The van der Waals surface area contributed by atoms with E-state index in [0.717, 1.165) is 35.9 Å². The van der Waals surface area contributed by atoms with Gasteiger partial charge in [0.2, 0.25) is 0 Å². The Morgan fingerprint density at radius 3 is 1.33 bits per heavy atom. The van der Waals surface area contributed by atoms with Gasteiger partial charge in [-0.25, -0.2) is 0 Å². The van der Waals surface area contributed by atoms with Gasteiger partial charge in [-0.3, -0.25) is 19.3 Å². The van der Waals surface area contributed by atoms with Gasteiger partial charge >= 0.3 is 27.7 Å².